The summed E-state index contributed by atoms with van der Waals surface area (Å²) in [7, 11) is -16.7. The molecule has 0 aliphatic carbocycles. The van der Waals surface area contributed by atoms with Crippen LogP contribution in [0.3, 0.4) is 0 Å². The minimum Gasteiger partial charge on any atom is -0.362 e. The van der Waals surface area contributed by atoms with E-state index in [-0.39, 0.29) is 0 Å². The fraction of sp³-hybridized carbons (Fsp3) is 1.00. The van der Waals surface area contributed by atoms with E-state index >= 15 is 0 Å². The topological polar surface area (TPSA) is 232 Å². The van der Waals surface area contributed by atoms with Gasteiger partial charge in [0.2, 0.25) is 0 Å². The predicted molar refractivity (Wildman–Crippen MR) is 70.7 cm³/mol. The van der Waals surface area contributed by atoms with Crippen LogP contribution < -0.4 is 0 Å². The van der Waals surface area contributed by atoms with Crippen LogP contribution in [0.1, 0.15) is 13.3 Å². The molecule has 15 nitrogen and oxygen atoms in total. The average Bonchev–Trinajstić information content (AvgIpc) is 2.58. The first-order chi connectivity index (χ1) is 10.6. The maximum Gasteiger partial charge on any atom is 0.490 e. The molecule has 1 saturated heterocycles. The minimum absolute atomic E-state index is 0.454. The summed E-state index contributed by atoms with van der Waals surface area (Å²) in [5, 5.41) is 20.7. The Morgan fingerprint density at radius 2 is 1.75 bits per heavy atom. The van der Waals surface area contributed by atoms with Gasteiger partial charge in [-0.05, 0) is 6.92 Å². The monoisotopic (exact) mass is 417 g/mol. The molecule has 0 aromatic heterocycles. The van der Waals surface area contributed by atoms with Crippen LogP contribution >= 0.6 is 23.5 Å². The molecule has 0 bridgehead atoms. The van der Waals surface area contributed by atoms with Gasteiger partial charge in [-0.15, -0.1) is 0 Å². The van der Waals surface area contributed by atoms with Crippen molar-refractivity contribution in [3.05, 3.63) is 10.1 Å². The van der Waals surface area contributed by atoms with E-state index in [2.05, 4.69) is 13.1 Å². The largest absolute Gasteiger partial charge is 0.490 e. The van der Waals surface area contributed by atoms with E-state index in [0.717, 1.165) is 0 Å². The summed E-state index contributed by atoms with van der Waals surface area (Å²) in [5.41, 5.74) is -2.63. The molecule has 1 aliphatic heterocycles. The molecule has 18 heteroatoms. The van der Waals surface area contributed by atoms with Crippen LogP contribution in [0.2, 0.25) is 0 Å². The highest BCUT2D eigenvalue weighted by Crippen LogP contribution is 2.66. The Kier molecular flexibility index (Phi) is 6.49. The average molecular weight is 417 g/mol. The Morgan fingerprint density at radius 1 is 1.21 bits per heavy atom. The van der Waals surface area contributed by atoms with Crippen molar-refractivity contribution in [3.63, 3.8) is 0 Å². The molecule has 1 aliphatic rings. The molecular weight excluding hydrogens is 403 g/mol. The number of rotatable bonds is 8. The molecule has 0 saturated carbocycles. The highest BCUT2D eigenvalue weighted by atomic mass is 31.3. The van der Waals surface area contributed by atoms with Gasteiger partial charge < -0.3 is 29.4 Å². The van der Waals surface area contributed by atoms with Gasteiger partial charge in [-0.1, -0.05) is 0 Å². The van der Waals surface area contributed by atoms with Gasteiger partial charge in [-0.2, -0.15) is 8.62 Å². The van der Waals surface area contributed by atoms with Crippen LogP contribution in [0.15, 0.2) is 0 Å². The third-order valence-corrected chi connectivity index (χ3v) is 6.42. The van der Waals surface area contributed by atoms with Crippen LogP contribution in [-0.2, 0) is 31.6 Å². The standard InChI is InChI=1S/C6H14NO14P3/c1-4-2-6(8,7(9)10)5(19-4)3-18-23(14,15)21-24(16,17)20-22(11,12)13/h4-5,8H,2-3H2,1H3,(H,14,15)(H,16,17)(H2,11,12,13)/t4-,5+,6?/m0/s1. The van der Waals surface area contributed by atoms with Crippen molar-refractivity contribution >= 4 is 23.5 Å². The van der Waals surface area contributed by atoms with Gasteiger partial charge in [0.25, 0.3) is 0 Å². The van der Waals surface area contributed by atoms with Gasteiger partial charge in [-0.3, -0.25) is 14.6 Å². The summed E-state index contributed by atoms with van der Waals surface area (Å²) in [5.74, 6) is 0. The molecule has 0 aromatic carbocycles. The number of hydrogen-bond acceptors (Lipinski definition) is 10. The predicted octanol–water partition coefficient (Wildman–Crippen LogP) is -0.528. The van der Waals surface area contributed by atoms with Gasteiger partial charge >= 0.3 is 29.2 Å². The number of nitro groups is 1. The lowest BCUT2D eigenvalue weighted by Gasteiger charge is -2.21. The maximum atomic E-state index is 11.5. The molecule has 3 unspecified atom stereocenters. The van der Waals surface area contributed by atoms with Gasteiger partial charge in [0.15, 0.2) is 6.10 Å². The summed E-state index contributed by atoms with van der Waals surface area (Å²) in [6, 6.07) is 0. The van der Waals surface area contributed by atoms with E-state index in [0.29, 0.717) is 0 Å². The molecule has 142 valence electrons. The first kappa shape index (κ1) is 21.8. The second-order valence-corrected chi connectivity index (χ2v) is 9.08. The first-order valence-electron chi connectivity index (χ1n) is 5.87. The third kappa shape index (κ3) is 6.23. The fourth-order valence-electron chi connectivity index (χ4n) is 1.82. The second kappa shape index (κ2) is 7.16. The van der Waals surface area contributed by atoms with Crippen LogP contribution in [0, 0.1) is 10.1 Å². The minimum atomic E-state index is -5.70. The molecule has 0 amide bonds. The zero-order valence-corrected chi connectivity index (χ0v) is 14.5. The molecule has 1 heterocycles. The van der Waals surface area contributed by atoms with E-state index in [1.807, 2.05) is 0 Å². The smallest absolute Gasteiger partial charge is 0.362 e. The van der Waals surface area contributed by atoms with Gasteiger partial charge in [-0.25, -0.2) is 13.7 Å². The quantitative estimate of drug-likeness (QED) is 0.145. The van der Waals surface area contributed by atoms with E-state index in [4.69, 9.17) is 19.4 Å². The van der Waals surface area contributed by atoms with Crippen LogP contribution in [0.25, 0.3) is 0 Å². The van der Waals surface area contributed by atoms with E-state index in [9.17, 15) is 33.8 Å². The number of ether oxygens (including phenoxy) is 1. The fourth-order valence-corrected chi connectivity index (χ4v) is 4.84. The Balaban J connectivity index is 2.75. The molecule has 1 rings (SSSR count). The molecule has 1 fully saturated rings. The number of nitrogens with zero attached hydrogens (tertiary/aromatic N) is 1. The van der Waals surface area contributed by atoms with E-state index in [1.54, 1.807) is 0 Å². The van der Waals surface area contributed by atoms with Crippen molar-refractivity contribution in [2.45, 2.75) is 31.3 Å². The van der Waals surface area contributed by atoms with Crippen molar-refractivity contribution in [2.75, 3.05) is 6.61 Å². The Bertz CT molecular complexity index is 630. The Labute approximate surface area is 133 Å². The van der Waals surface area contributed by atoms with Gasteiger partial charge in [0, 0.05) is 0 Å². The highest BCUT2D eigenvalue weighted by molar-refractivity contribution is 7.66. The summed E-state index contributed by atoms with van der Waals surface area (Å²) in [6.07, 6.45) is -2.97. The van der Waals surface area contributed by atoms with Crippen molar-refractivity contribution in [1.29, 1.82) is 0 Å². The van der Waals surface area contributed by atoms with Crippen molar-refractivity contribution < 1.29 is 61.2 Å². The first-order valence-corrected chi connectivity index (χ1v) is 10.4. The summed E-state index contributed by atoms with van der Waals surface area (Å²) >= 11 is 0. The van der Waals surface area contributed by atoms with Crippen LogP contribution in [0.4, 0.5) is 0 Å². The third-order valence-electron chi connectivity index (χ3n) is 2.62. The van der Waals surface area contributed by atoms with Crippen molar-refractivity contribution in [3.8, 4) is 0 Å². The summed E-state index contributed by atoms with van der Waals surface area (Å²) in [4.78, 5) is 44.6. The molecule has 24 heavy (non-hydrogen) atoms. The van der Waals surface area contributed by atoms with Crippen molar-refractivity contribution in [1.82, 2.24) is 0 Å². The molecule has 5 atom stereocenters. The van der Waals surface area contributed by atoms with Crippen molar-refractivity contribution in [2.24, 2.45) is 0 Å². The summed E-state index contributed by atoms with van der Waals surface area (Å²) < 4.78 is 49.1. The lowest BCUT2D eigenvalue weighted by atomic mass is 10.1. The second-order valence-electron chi connectivity index (χ2n) is 4.66. The lowest BCUT2D eigenvalue weighted by molar-refractivity contribution is -0.630. The summed E-state index contributed by atoms with van der Waals surface area (Å²) in [6.45, 7) is 0.269. The Morgan fingerprint density at radius 3 is 2.21 bits per heavy atom. The van der Waals surface area contributed by atoms with E-state index in [1.165, 1.54) is 6.92 Å². The van der Waals surface area contributed by atoms with Gasteiger partial charge in [0.05, 0.1) is 24.1 Å². The molecular formula is C6H14NO14P3. The molecule has 0 radical (unpaired) electrons. The Hall–Kier alpha value is -0.270. The number of aliphatic hydroxyl groups is 1. The number of hydrogen-bond donors (Lipinski definition) is 5. The van der Waals surface area contributed by atoms with Crippen LogP contribution in [-0.4, -0.2) is 54.1 Å². The van der Waals surface area contributed by atoms with Gasteiger partial charge in [0.1, 0.15) is 0 Å². The number of phosphoric ester groups is 1. The van der Waals surface area contributed by atoms with Crippen LogP contribution in [0.5, 0.6) is 0 Å². The highest BCUT2D eigenvalue weighted by Gasteiger charge is 2.57. The molecule has 0 spiro atoms. The maximum absolute atomic E-state index is 11.5. The van der Waals surface area contributed by atoms with E-state index < -0.39 is 59.4 Å². The SMILES string of the molecule is C[C@H]1CC(O)([N+](=O)[O-])[C@@H](COP(=O)(O)OP(=O)(O)OP(=O)(O)O)O1. The molecule has 0 aromatic rings. The lowest BCUT2D eigenvalue weighted by Crippen LogP contribution is -2.47. The zero-order valence-electron chi connectivity index (χ0n) is 11.8. The normalized spacial score (nSPS) is 32.9. The molecule has 5 N–H and O–H groups in total. The zero-order chi connectivity index (χ0) is 19.0. The number of phosphoric acid groups is 3.